The van der Waals surface area contributed by atoms with Crippen molar-refractivity contribution < 1.29 is 4.79 Å². The quantitative estimate of drug-likeness (QED) is 0.816. The summed E-state index contributed by atoms with van der Waals surface area (Å²) in [5.41, 5.74) is 2.46. The first-order chi connectivity index (χ1) is 8.60. The number of hydrogen-bond donors (Lipinski definition) is 0. The molecule has 0 fully saturated rings. The lowest BCUT2D eigenvalue weighted by atomic mass is 10.0. The number of pyridine rings is 1. The minimum Gasteiger partial charge on any atom is -0.294 e. The lowest BCUT2D eigenvalue weighted by Crippen LogP contribution is -2.05. The summed E-state index contributed by atoms with van der Waals surface area (Å²) in [6.45, 7) is 2.00. The molecule has 5 heteroatoms. The van der Waals surface area contributed by atoms with E-state index in [-0.39, 0.29) is 5.78 Å². The normalized spacial score (nSPS) is 10.6. The van der Waals surface area contributed by atoms with Gasteiger partial charge >= 0.3 is 0 Å². The highest BCUT2D eigenvalue weighted by Gasteiger charge is 2.14. The number of Topliss-reactive ketones (excluding diaryl/α,β-unsaturated/α-hetero) is 1. The Morgan fingerprint density at radius 3 is 2.89 bits per heavy atom. The van der Waals surface area contributed by atoms with Crippen molar-refractivity contribution >= 4 is 21.7 Å². The number of nitrogens with zero attached hydrogens (tertiary/aromatic N) is 3. The van der Waals surface area contributed by atoms with Gasteiger partial charge in [-0.05, 0) is 34.0 Å². The van der Waals surface area contributed by atoms with E-state index in [1.54, 1.807) is 23.3 Å². The van der Waals surface area contributed by atoms with Crippen LogP contribution in [0.15, 0.2) is 29.1 Å². The van der Waals surface area contributed by atoms with Crippen molar-refractivity contribution in [3.63, 3.8) is 0 Å². The molecule has 2 aromatic rings. The molecule has 0 bridgehead atoms. The fraction of sp³-hybridized carbons (Fsp3) is 0.308. The zero-order valence-electron chi connectivity index (χ0n) is 10.4. The Hall–Kier alpha value is -1.49. The second-order valence-corrected chi connectivity index (χ2v) is 5.04. The van der Waals surface area contributed by atoms with Crippen molar-refractivity contribution in [3.05, 3.63) is 46.0 Å². The molecule has 4 nitrogen and oxygen atoms in total. The van der Waals surface area contributed by atoms with E-state index >= 15 is 0 Å². The minimum absolute atomic E-state index is 0.0832. The van der Waals surface area contributed by atoms with E-state index in [0.29, 0.717) is 12.0 Å². The van der Waals surface area contributed by atoms with Gasteiger partial charge in [0.1, 0.15) is 0 Å². The molecule has 0 aliphatic carbocycles. The van der Waals surface area contributed by atoms with Crippen molar-refractivity contribution in [1.29, 1.82) is 0 Å². The van der Waals surface area contributed by atoms with Crippen molar-refractivity contribution in [2.45, 2.75) is 19.8 Å². The maximum atomic E-state index is 12.2. The molecule has 0 unspecified atom stereocenters. The molecule has 2 heterocycles. The Morgan fingerprint density at radius 1 is 1.44 bits per heavy atom. The third-order valence-electron chi connectivity index (χ3n) is 2.67. The second kappa shape index (κ2) is 5.44. The fourth-order valence-electron chi connectivity index (χ4n) is 1.86. The third kappa shape index (κ3) is 2.85. The predicted octanol–water partition coefficient (Wildman–Crippen LogP) is 2.57. The van der Waals surface area contributed by atoms with Gasteiger partial charge in [0.05, 0.1) is 11.3 Å². The maximum absolute atomic E-state index is 12.2. The second-order valence-electron chi connectivity index (χ2n) is 4.13. The van der Waals surface area contributed by atoms with E-state index in [0.717, 1.165) is 22.2 Å². The average molecular weight is 308 g/mol. The van der Waals surface area contributed by atoms with Gasteiger partial charge < -0.3 is 0 Å². The molecule has 94 valence electrons. The largest absolute Gasteiger partial charge is 0.294 e. The minimum atomic E-state index is 0.0832. The Labute approximate surface area is 114 Å². The molecule has 0 radical (unpaired) electrons. The van der Waals surface area contributed by atoms with Crippen LogP contribution in [0.5, 0.6) is 0 Å². The molecule has 0 atom stereocenters. The lowest BCUT2D eigenvalue weighted by molar-refractivity contribution is 0.0992. The van der Waals surface area contributed by atoms with Gasteiger partial charge in [-0.2, -0.15) is 5.10 Å². The van der Waals surface area contributed by atoms with Crippen LogP contribution in [0.3, 0.4) is 0 Å². The number of halogens is 1. The van der Waals surface area contributed by atoms with E-state index in [1.807, 2.05) is 20.0 Å². The van der Waals surface area contributed by atoms with E-state index in [1.165, 1.54) is 0 Å². The predicted molar refractivity (Wildman–Crippen MR) is 72.6 cm³/mol. The van der Waals surface area contributed by atoms with E-state index < -0.39 is 0 Å². The highest BCUT2D eigenvalue weighted by atomic mass is 79.9. The van der Waals surface area contributed by atoms with Gasteiger partial charge in [-0.3, -0.25) is 14.5 Å². The summed E-state index contributed by atoms with van der Waals surface area (Å²) in [6.07, 6.45) is 6.32. The summed E-state index contributed by atoms with van der Waals surface area (Å²) >= 11 is 3.35. The molecular formula is C13H14BrN3O. The van der Waals surface area contributed by atoms with E-state index in [4.69, 9.17) is 0 Å². The Morgan fingerprint density at radius 2 is 2.22 bits per heavy atom. The average Bonchev–Trinajstić information content (AvgIpc) is 2.70. The molecule has 18 heavy (non-hydrogen) atoms. The number of hydrogen-bond acceptors (Lipinski definition) is 3. The first-order valence-electron chi connectivity index (χ1n) is 5.75. The van der Waals surface area contributed by atoms with Crippen LogP contribution in [0.1, 0.15) is 28.5 Å². The van der Waals surface area contributed by atoms with Crippen LogP contribution < -0.4 is 0 Å². The molecule has 0 saturated carbocycles. The number of carbonyl (C=O) groups is 1. The van der Waals surface area contributed by atoms with E-state index in [2.05, 4.69) is 26.0 Å². The molecule has 0 amide bonds. The number of rotatable bonds is 4. The summed E-state index contributed by atoms with van der Waals surface area (Å²) < 4.78 is 2.57. The number of ketones is 1. The molecular weight excluding hydrogens is 294 g/mol. The first kappa shape index (κ1) is 13.0. The summed E-state index contributed by atoms with van der Waals surface area (Å²) in [6, 6.07) is 1.91. The highest BCUT2D eigenvalue weighted by molar-refractivity contribution is 9.10. The van der Waals surface area contributed by atoms with Gasteiger partial charge in [0.2, 0.25) is 0 Å². The molecule has 0 spiro atoms. The first-order valence-corrected chi connectivity index (χ1v) is 6.54. The summed E-state index contributed by atoms with van der Waals surface area (Å²) in [4.78, 5) is 16.3. The SMILES string of the molecule is CCc1nn(C)cc1C(=O)Cc1cncc(Br)c1. The van der Waals surface area contributed by atoms with Crippen molar-refractivity contribution in [2.24, 2.45) is 7.05 Å². The summed E-state index contributed by atoms with van der Waals surface area (Å²) in [7, 11) is 1.83. The van der Waals surface area contributed by atoms with Gasteiger partial charge in [-0.1, -0.05) is 6.92 Å². The Balaban J connectivity index is 2.21. The van der Waals surface area contributed by atoms with Crippen LogP contribution in [0.25, 0.3) is 0 Å². The monoisotopic (exact) mass is 307 g/mol. The van der Waals surface area contributed by atoms with Crippen molar-refractivity contribution in [3.8, 4) is 0 Å². The van der Waals surface area contributed by atoms with Gasteiger partial charge in [-0.25, -0.2) is 0 Å². The zero-order chi connectivity index (χ0) is 13.1. The van der Waals surface area contributed by atoms with Crippen LogP contribution >= 0.6 is 15.9 Å². The molecule has 2 aromatic heterocycles. The third-order valence-corrected chi connectivity index (χ3v) is 3.10. The number of aryl methyl sites for hydroxylation is 2. The van der Waals surface area contributed by atoms with Crippen LogP contribution in [0.2, 0.25) is 0 Å². The molecule has 0 N–H and O–H groups in total. The Bertz CT molecular complexity index is 577. The van der Waals surface area contributed by atoms with Gasteiger partial charge in [-0.15, -0.1) is 0 Å². The highest BCUT2D eigenvalue weighted by Crippen LogP contribution is 2.14. The molecule has 2 rings (SSSR count). The zero-order valence-corrected chi connectivity index (χ0v) is 11.9. The van der Waals surface area contributed by atoms with E-state index in [9.17, 15) is 4.79 Å². The number of carbonyl (C=O) groups excluding carboxylic acids is 1. The molecule has 0 aromatic carbocycles. The Kier molecular flexibility index (Phi) is 3.91. The fourth-order valence-corrected chi connectivity index (χ4v) is 2.27. The molecule has 0 saturated heterocycles. The van der Waals surface area contributed by atoms with Crippen LogP contribution in [-0.4, -0.2) is 20.5 Å². The van der Waals surface area contributed by atoms with Crippen LogP contribution in [0, 0.1) is 0 Å². The van der Waals surface area contributed by atoms with Gasteiger partial charge in [0.15, 0.2) is 5.78 Å². The number of aromatic nitrogens is 3. The van der Waals surface area contributed by atoms with Crippen molar-refractivity contribution in [2.75, 3.05) is 0 Å². The standard InChI is InChI=1S/C13H14BrN3O/c1-3-12-11(8-17(2)16-12)13(18)5-9-4-10(14)7-15-6-9/h4,6-8H,3,5H2,1-2H3. The summed E-state index contributed by atoms with van der Waals surface area (Å²) in [5.74, 6) is 0.0832. The van der Waals surface area contributed by atoms with Crippen LogP contribution in [0.4, 0.5) is 0 Å². The molecule has 0 aliphatic heterocycles. The maximum Gasteiger partial charge on any atom is 0.170 e. The van der Waals surface area contributed by atoms with Gasteiger partial charge in [0, 0.05) is 36.5 Å². The lowest BCUT2D eigenvalue weighted by Gasteiger charge is -2.01. The van der Waals surface area contributed by atoms with Crippen molar-refractivity contribution in [1.82, 2.24) is 14.8 Å². The molecule has 0 aliphatic rings. The topological polar surface area (TPSA) is 47.8 Å². The summed E-state index contributed by atoms with van der Waals surface area (Å²) in [5, 5.41) is 4.28. The van der Waals surface area contributed by atoms with Gasteiger partial charge in [0.25, 0.3) is 0 Å². The smallest absolute Gasteiger partial charge is 0.170 e. The van der Waals surface area contributed by atoms with Crippen LogP contribution in [-0.2, 0) is 19.9 Å².